The largest absolute Gasteiger partial charge is 1.00 e. The number of rotatable bonds is 6. The van der Waals surface area contributed by atoms with Gasteiger partial charge in [-0.1, -0.05) is 6.07 Å². The molecule has 11 heteroatoms. The number of β-lactam (4-membered cyclic amide) rings is 1. The maximum Gasteiger partial charge on any atom is 1.00 e. The molecular formula is C16H16N3NaO5S2. The van der Waals surface area contributed by atoms with Crippen LogP contribution in [0.5, 0.6) is 0 Å². The van der Waals surface area contributed by atoms with Gasteiger partial charge >= 0.3 is 29.6 Å². The van der Waals surface area contributed by atoms with Crippen LogP contribution in [0.2, 0.25) is 0 Å². The third kappa shape index (κ3) is 3.81. The van der Waals surface area contributed by atoms with Crippen LogP contribution >= 0.6 is 23.1 Å². The molecule has 2 amide bonds. The Labute approximate surface area is 186 Å². The second-order valence-electron chi connectivity index (χ2n) is 5.94. The number of fused-ring (bicyclic) bond motifs is 1. The van der Waals surface area contributed by atoms with Crippen LogP contribution in [0.1, 0.15) is 11.8 Å². The summed E-state index contributed by atoms with van der Waals surface area (Å²) in [6.45, 7) is 1.62. The molecule has 0 bridgehead atoms. The van der Waals surface area contributed by atoms with Crippen LogP contribution < -0.4 is 40.0 Å². The van der Waals surface area contributed by atoms with Crippen molar-refractivity contribution in [1.29, 1.82) is 5.41 Å². The topological polar surface area (TPSA) is 123 Å². The number of aliphatic carboxylic acids is 1. The van der Waals surface area contributed by atoms with Crippen LogP contribution in [0.25, 0.3) is 0 Å². The van der Waals surface area contributed by atoms with Gasteiger partial charge < -0.3 is 25.4 Å². The molecule has 1 fully saturated rings. The minimum atomic E-state index is -1.56. The minimum absolute atomic E-state index is 0. The van der Waals surface area contributed by atoms with Gasteiger partial charge in [0.15, 0.2) is 0 Å². The number of methoxy groups -OCH3 is 1. The van der Waals surface area contributed by atoms with Gasteiger partial charge in [0, 0.05) is 11.1 Å². The van der Waals surface area contributed by atoms with E-state index in [1.54, 1.807) is 6.92 Å². The predicted octanol–water partition coefficient (Wildman–Crippen LogP) is -3.29. The monoisotopic (exact) mass is 417 g/mol. The number of hydrogen-bond donors (Lipinski definition) is 2. The third-order valence-corrected chi connectivity index (χ3v) is 6.61. The zero-order chi connectivity index (χ0) is 19.1. The molecule has 0 saturated carbocycles. The Bertz CT molecular complexity index is 813. The van der Waals surface area contributed by atoms with Crippen LogP contribution in [0, 0.1) is 5.41 Å². The van der Waals surface area contributed by atoms with Gasteiger partial charge in [0.25, 0.3) is 5.91 Å². The molecule has 0 aromatic carbocycles. The van der Waals surface area contributed by atoms with Crippen LogP contribution in [0.4, 0.5) is 0 Å². The molecule has 0 radical (unpaired) electrons. The fourth-order valence-corrected chi connectivity index (χ4v) is 5.19. The summed E-state index contributed by atoms with van der Waals surface area (Å²) in [6, 6.07) is 2.79. The molecule has 138 valence electrons. The van der Waals surface area contributed by atoms with E-state index in [1.807, 2.05) is 17.5 Å². The summed E-state index contributed by atoms with van der Waals surface area (Å²) >= 11 is 2.61. The molecule has 3 atom stereocenters. The summed E-state index contributed by atoms with van der Waals surface area (Å²) < 4.78 is 4.09. The normalized spacial score (nSPS) is 26.4. The predicted molar refractivity (Wildman–Crippen MR) is 94.4 cm³/mol. The molecule has 0 aliphatic carbocycles. The van der Waals surface area contributed by atoms with Crippen molar-refractivity contribution in [3.8, 4) is 0 Å². The van der Waals surface area contributed by atoms with Crippen LogP contribution in [0.3, 0.4) is 0 Å². The molecule has 2 N–H and O–H groups in total. The van der Waals surface area contributed by atoms with E-state index in [4.69, 9.17) is 10.1 Å². The van der Waals surface area contributed by atoms with Crippen molar-refractivity contribution in [2.75, 3.05) is 7.11 Å². The maximum absolute atomic E-state index is 12.5. The first kappa shape index (κ1) is 22.0. The van der Waals surface area contributed by atoms with Gasteiger partial charge in [0.05, 0.1) is 19.5 Å². The number of amides is 2. The number of nitrogens with one attached hydrogen (secondary N) is 2. The van der Waals surface area contributed by atoms with Crippen LogP contribution in [-0.4, -0.2) is 52.2 Å². The van der Waals surface area contributed by atoms with Crippen molar-refractivity contribution >= 4 is 47.1 Å². The summed E-state index contributed by atoms with van der Waals surface area (Å²) in [7, 11) is 1.28. The molecule has 1 aromatic heterocycles. The Hall–Kier alpha value is -1.33. The maximum atomic E-state index is 12.5. The molecule has 1 aromatic rings. The quantitative estimate of drug-likeness (QED) is 0.284. The summed E-state index contributed by atoms with van der Waals surface area (Å²) in [5.41, 5.74) is -0.393. The molecular weight excluding hydrogens is 401 g/mol. The molecule has 1 saturated heterocycles. The summed E-state index contributed by atoms with van der Waals surface area (Å²) in [4.78, 5) is 38.2. The fraction of sp³-hybridized carbons (Fsp3) is 0.375. The van der Waals surface area contributed by atoms with Gasteiger partial charge in [0.2, 0.25) is 5.91 Å². The first-order valence-corrected chi connectivity index (χ1v) is 9.42. The van der Waals surface area contributed by atoms with Crippen molar-refractivity contribution in [2.45, 2.75) is 29.5 Å². The first-order valence-electron chi connectivity index (χ1n) is 7.66. The van der Waals surface area contributed by atoms with Gasteiger partial charge in [0.1, 0.15) is 27.6 Å². The standard InChI is InChI=1S/C16H17N3O5S2.Na/c1-16(7-17)12(24-2)11(15(22)23)19-13(21)10(14(19)26-16)18-9(20)6-8-4-3-5-25-8;/h3-5,7,10,14,17H,6H2,1-2H3,(H,18,20)(H,22,23);/q;+1/p-1/t10?,14-,16+;/m1./s1. The minimum Gasteiger partial charge on any atom is -0.543 e. The second-order valence-corrected chi connectivity index (χ2v) is 8.54. The van der Waals surface area contributed by atoms with E-state index in [-0.39, 0.29) is 47.6 Å². The molecule has 2 aliphatic rings. The summed E-state index contributed by atoms with van der Waals surface area (Å²) in [6.07, 6.45) is 1.21. The first-order chi connectivity index (χ1) is 12.3. The number of nitrogens with zero attached hydrogens (tertiary/aromatic N) is 1. The molecule has 2 aliphatic heterocycles. The number of carbonyl (C=O) groups is 3. The van der Waals surface area contributed by atoms with Crippen molar-refractivity contribution < 1.29 is 53.8 Å². The number of hydrogen-bond acceptors (Lipinski definition) is 8. The van der Waals surface area contributed by atoms with Crippen molar-refractivity contribution in [1.82, 2.24) is 10.2 Å². The number of carboxylic acids is 1. The number of carboxylic acid groups (broad SMARTS) is 1. The Balaban J connectivity index is 0.00000261. The van der Waals surface area contributed by atoms with Crippen molar-refractivity contribution in [3.05, 3.63) is 33.8 Å². The van der Waals surface area contributed by atoms with Gasteiger partial charge in [-0.15, -0.1) is 23.1 Å². The molecule has 3 heterocycles. The zero-order valence-electron chi connectivity index (χ0n) is 15.0. The summed E-state index contributed by atoms with van der Waals surface area (Å²) in [5, 5.41) is 23.1. The molecule has 3 rings (SSSR count). The molecule has 27 heavy (non-hydrogen) atoms. The van der Waals surface area contributed by atoms with E-state index >= 15 is 0 Å². The van der Waals surface area contributed by atoms with Gasteiger partial charge in [-0.25, -0.2) is 0 Å². The smallest absolute Gasteiger partial charge is 0.543 e. The Morgan fingerprint density at radius 1 is 1.52 bits per heavy atom. The second kappa shape index (κ2) is 8.36. The van der Waals surface area contributed by atoms with Gasteiger partial charge in [-0.2, -0.15) is 0 Å². The number of carbonyl (C=O) groups excluding carboxylic acids is 3. The molecule has 8 nitrogen and oxygen atoms in total. The number of thiophene rings is 1. The van der Waals surface area contributed by atoms with E-state index in [1.165, 1.54) is 30.2 Å². The Kier molecular flexibility index (Phi) is 6.80. The SMILES string of the molecule is COC1=C(C(=O)[O-])N2C(=O)C(NC(=O)Cc3cccs3)[C@H]2S[C@@]1(C)C=N.[Na+]. The van der Waals surface area contributed by atoms with E-state index < -0.39 is 33.7 Å². The van der Waals surface area contributed by atoms with Crippen LogP contribution in [0.15, 0.2) is 29.0 Å². The van der Waals surface area contributed by atoms with E-state index in [0.717, 1.165) is 16.0 Å². The third-order valence-electron chi connectivity index (χ3n) is 4.22. The fourth-order valence-electron chi connectivity index (χ4n) is 2.99. The Morgan fingerprint density at radius 2 is 2.22 bits per heavy atom. The Morgan fingerprint density at radius 3 is 2.74 bits per heavy atom. The van der Waals surface area contributed by atoms with E-state index in [0.29, 0.717) is 0 Å². The van der Waals surface area contributed by atoms with Gasteiger partial charge in [-0.05, 0) is 18.4 Å². The molecule has 0 spiro atoms. The summed E-state index contributed by atoms with van der Waals surface area (Å²) in [5.74, 6) is -2.44. The van der Waals surface area contributed by atoms with Crippen molar-refractivity contribution in [2.24, 2.45) is 0 Å². The van der Waals surface area contributed by atoms with Crippen molar-refractivity contribution in [3.63, 3.8) is 0 Å². The van der Waals surface area contributed by atoms with Gasteiger partial charge in [-0.3, -0.25) is 14.5 Å². The number of ether oxygens (including phenoxy) is 1. The average molecular weight is 417 g/mol. The average Bonchev–Trinajstić information content (AvgIpc) is 3.11. The number of thioether (sulfide) groups is 1. The van der Waals surface area contributed by atoms with E-state index in [2.05, 4.69) is 5.32 Å². The molecule has 1 unspecified atom stereocenters. The zero-order valence-corrected chi connectivity index (χ0v) is 18.6. The van der Waals surface area contributed by atoms with Crippen LogP contribution in [-0.2, 0) is 25.5 Å². The van der Waals surface area contributed by atoms with E-state index in [9.17, 15) is 19.5 Å².